The van der Waals surface area contributed by atoms with Crippen LogP contribution in [0, 0.1) is 12.7 Å². The Labute approximate surface area is 121 Å². The molecule has 2 atom stereocenters. The molecule has 1 saturated heterocycles. The second kappa shape index (κ2) is 6.09. The lowest BCUT2D eigenvalue weighted by atomic mass is 10.2. The number of ether oxygens (including phenoxy) is 1. The number of benzene rings is 1. The second-order valence-corrected chi connectivity index (χ2v) is 4.99. The number of nitrogens with zero attached hydrogens (tertiary/aromatic N) is 1. The average Bonchev–Trinajstić information content (AvgIpc) is 2.86. The number of halogens is 1. The van der Waals surface area contributed by atoms with Crippen molar-refractivity contribution in [3.63, 3.8) is 0 Å². The third-order valence-electron chi connectivity index (χ3n) is 3.57. The summed E-state index contributed by atoms with van der Waals surface area (Å²) >= 11 is 0. The molecular formula is C14H17FN2O4. The van der Waals surface area contributed by atoms with Gasteiger partial charge in [-0.2, -0.15) is 0 Å². The molecule has 0 bridgehead atoms. The number of anilines is 1. The molecule has 7 heteroatoms. The van der Waals surface area contributed by atoms with Gasteiger partial charge >= 0.3 is 12.0 Å². The highest BCUT2D eigenvalue weighted by Gasteiger charge is 2.39. The third kappa shape index (κ3) is 3.30. The first kappa shape index (κ1) is 15.2. The Hall–Kier alpha value is -2.15. The normalized spacial score (nSPS) is 21.4. The molecule has 1 aliphatic rings. The maximum Gasteiger partial charge on any atom is 0.326 e. The summed E-state index contributed by atoms with van der Waals surface area (Å²) in [6.45, 7) is 1.87. The minimum atomic E-state index is -1.07. The molecule has 1 aromatic carbocycles. The van der Waals surface area contributed by atoms with Gasteiger partial charge in [0.1, 0.15) is 11.9 Å². The number of likely N-dealkylation sites (tertiary alicyclic amines) is 1. The Bertz CT molecular complexity index is 564. The lowest BCUT2D eigenvalue weighted by Crippen LogP contribution is -2.43. The highest BCUT2D eigenvalue weighted by molar-refractivity contribution is 5.93. The number of carboxylic acids is 1. The maximum atomic E-state index is 13.0. The van der Waals surface area contributed by atoms with Crippen molar-refractivity contribution in [3.05, 3.63) is 29.6 Å². The number of urea groups is 1. The number of methoxy groups -OCH3 is 1. The van der Waals surface area contributed by atoms with E-state index in [0.29, 0.717) is 11.3 Å². The van der Waals surface area contributed by atoms with Crippen LogP contribution in [0.3, 0.4) is 0 Å². The summed E-state index contributed by atoms with van der Waals surface area (Å²) in [5.41, 5.74) is 1.02. The standard InChI is InChI=1S/C14H17FN2O4/c1-8-5-9(15)3-4-11(8)16-14(20)17-7-10(21-2)6-12(17)13(18)19/h3-5,10,12H,6-7H2,1-2H3,(H,16,20)(H,18,19). The van der Waals surface area contributed by atoms with Crippen molar-refractivity contribution in [3.8, 4) is 0 Å². The van der Waals surface area contributed by atoms with Gasteiger partial charge in [0.05, 0.1) is 6.10 Å². The number of carbonyl (C=O) groups excluding carboxylic acids is 1. The van der Waals surface area contributed by atoms with Crippen LogP contribution in [-0.4, -0.2) is 47.8 Å². The number of hydrogen-bond acceptors (Lipinski definition) is 3. The van der Waals surface area contributed by atoms with E-state index in [9.17, 15) is 19.1 Å². The van der Waals surface area contributed by atoms with Gasteiger partial charge in [-0.25, -0.2) is 14.0 Å². The van der Waals surface area contributed by atoms with Gasteiger partial charge in [0.2, 0.25) is 0 Å². The molecular weight excluding hydrogens is 279 g/mol. The number of aryl methyl sites for hydroxylation is 1. The summed E-state index contributed by atoms with van der Waals surface area (Å²) in [5.74, 6) is -1.46. The topological polar surface area (TPSA) is 78.9 Å². The van der Waals surface area contributed by atoms with Crippen LogP contribution in [0.5, 0.6) is 0 Å². The summed E-state index contributed by atoms with van der Waals surface area (Å²) in [7, 11) is 1.48. The average molecular weight is 296 g/mol. The first-order valence-corrected chi connectivity index (χ1v) is 6.51. The second-order valence-electron chi connectivity index (χ2n) is 4.99. The molecule has 1 fully saturated rings. The molecule has 1 heterocycles. The number of rotatable bonds is 3. The summed E-state index contributed by atoms with van der Waals surface area (Å²) in [6, 6.07) is 2.53. The predicted molar refractivity (Wildman–Crippen MR) is 73.7 cm³/mol. The van der Waals surface area contributed by atoms with Gasteiger partial charge in [-0.3, -0.25) is 0 Å². The molecule has 2 rings (SSSR count). The summed E-state index contributed by atoms with van der Waals surface area (Å²) < 4.78 is 18.2. The van der Waals surface area contributed by atoms with Gasteiger partial charge in [0, 0.05) is 25.8 Å². The number of nitrogens with one attached hydrogen (secondary N) is 1. The van der Waals surface area contributed by atoms with Crippen LogP contribution >= 0.6 is 0 Å². The molecule has 0 spiro atoms. The van der Waals surface area contributed by atoms with E-state index in [1.165, 1.54) is 30.2 Å². The molecule has 2 unspecified atom stereocenters. The number of aliphatic carboxylic acids is 1. The zero-order chi connectivity index (χ0) is 15.6. The Morgan fingerprint density at radius 1 is 1.48 bits per heavy atom. The van der Waals surface area contributed by atoms with E-state index in [4.69, 9.17) is 4.74 Å². The largest absolute Gasteiger partial charge is 0.480 e. The smallest absolute Gasteiger partial charge is 0.326 e. The molecule has 2 N–H and O–H groups in total. The number of carboxylic acid groups (broad SMARTS) is 1. The zero-order valence-corrected chi connectivity index (χ0v) is 11.8. The third-order valence-corrected chi connectivity index (χ3v) is 3.57. The van der Waals surface area contributed by atoms with Crippen molar-refractivity contribution in [2.45, 2.75) is 25.5 Å². The maximum absolute atomic E-state index is 13.0. The monoisotopic (exact) mass is 296 g/mol. The van der Waals surface area contributed by atoms with Crippen LogP contribution < -0.4 is 5.32 Å². The molecule has 0 aliphatic carbocycles. The lowest BCUT2D eigenvalue weighted by Gasteiger charge is -2.22. The molecule has 1 aromatic rings. The van der Waals surface area contributed by atoms with Gasteiger partial charge in [0.15, 0.2) is 0 Å². The predicted octanol–water partition coefficient (Wildman–Crippen LogP) is 1.84. The van der Waals surface area contributed by atoms with Crippen LogP contribution in [0.4, 0.5) is 14.9 Å². The van der Waals surface area contributed by atoms with Crippen LogP contribution in [-0.2, 0) is 9.53 Å². The molecule has 6 nitrogen and oxygen atoms in total. The SMILES string of the molecule is COC1CC(C(=O)O)N(C(=O)Nc2ccc(F)cc2C)C1. The van der Waals surface area contributed by atoms with Crippen molar-refractivity contribution >= 4 is 17.7 Å². The highest BCUT2D eigenvalue weighted by Crippen LogP contribution is 2.23. The van der Waals surface area contributed by atoms with E-state index in [-0.39, 0.29) is 19.1 Å². The molecule has 0 saturated carbocycles. The fraction of sp³-hybridized carbons (Fsp3) is 0.429. The van der Waals surface area contributed by atoms with Gasteiger partial charge in [-0.05, 0) is 30.7 Å². The summed E-state index contributed by atoms with van der Waals surface area (Å²) in [6.07, 6.45) is -0.0482. The Balaban J connectivity index is 2.13. The van der Waals surface area contributed by atoms with Crippen molar-refractivity contribution in [2.24, 2.45) is 0 Å². The van der Waals surface area contributed by atoms with E-state index in [2.05, 4.69) is 5.32 Å². The Morgan fingerprint density at radius 2 is 2.19 bits per heavy atom. The molecule has 21 heavy (non-hydrogen) atoms. The number of amides is 2. The molecule has 0 aromatic heterocycles. The fourth-order valence-corrected chi connectivity index (χ4v) is 2.38. The van der Waals surface area contributed by atoms with E-state index >= 15 is 0 Å². The highest BCUT2D eigenvalue weighted by atomic mass is 19.1. The Morgan fingerprint density at radius 3 is 2.76 bits per heavy atom. The Kier molecular flexibility index (Phi) is 4.42. The van der Waals surface area contributed by atoms with Crippen LogP contribution in [0.2, 0.25) is 0 Å². The van der Waals surface area contributed by atoms with Crippen molar-refractivity contribution in [2.75, 3.05) is 19.0 Å². The molecule has 2 amide bonds. The van der Waals surface area contributed by atoms with Crippen molar-refractivity contribution in [1.82, 2.24) is 4.90 Å². The molecule has 0 radical (unpaired) electrons. The van der Waals surface area contributed by atoms with Crippen molar-refractivity contribution in [1.29, 1.82) is 0 Å². The zero-order valence-electron chi connectivity index (χ0n) is 11.8. The van der Waals surface area contributed by atoms with E-state index in [1.807, 2.05) is 0 Å². The van der Waals surface area contributed by atoms with Crippen molar-refractivity contribution < 1.29 is 23.8 Å². The minimum absolute atomic E-state index is 0.208. The van der Waals surface area contributed by atoms with E-state index in [1.54, 1.807) is 6.92 Å². The van der Waals surface area contributed by atoms with Gasteiger partial charge in [0.25, 0.3) is 0 Å². The fourth-order valence-electron chi connectivity index (χ4n) is 2.38. The minimum Gasteiger partial charge on any atom is -0.480 e. The lowest BCUT2D eigenvalue weighted by molar-refractivity contribution is -0.141. The summed E-state index contributed by atoms with van der Waals surface area (Å²) in [5, 5.41) is 11.8. The van der Waals surface area contributed by atoms with Gasteiger partial charge in [-0.15, -0.1) is 0 Å². The van der Waals surface area contributed by atoms with Gasteiger partial charge < -0.3 is 20.1 Å². The first-order chi connectivity index (χ1) is 9.92. The first-order valence-electron chi connectivity index (χ1n) is 6.51. The number of hydrogen-bond donors (Lipinski definition) is 2. The van der Waals surface area contributed by atoms with Crippen LogP contribution in [0.15, 0.2) is 18.2 Å². The number of carbonyl (C=O) groups is 2. The molecule has 114 valence electrons. The van der Waals surface area contributed by atoms with Gasteiger partial charge in [-0.1, -0.05) is 0 Å². The summed E-state index contributed by atoms with van der Waals surface area (Å²) in [4.78, 5) is 24.7. The van der Waals surface area contributed by atoms with Crippen LogP contribution in [0.1, 0.15) is 12.0 Å². The van der Waals surface area contributed by atoms with E-state index < -0.39 is 23.9 Å². The van der Waals surface area contributed by atoms with Crippen LogP contribution in [0.25, 0.3) is 0 Å². The quantitative estimate of drug-likeness (QED) is 0.892. The van der Waals surface area contributed by atoms with E-state index in [0.717, 1.165) is 0 Å². The molecule has 1 aliphatic heterocycles.